The van der Waals surface area contributed by atoms with Crippen LogP contribution in [-0.2, 0) is 0 Å². The number of aromatic nitrogens is 2. The normalized spacial score (nSPS) is 10.5. The van der Waals surface area contributed by atoms with Crippen molar-refractivity contribution in [1.29, 1.82) is 0 Å². The van der Waals surface area contributed by atoms with E-state index in [1.54, 1.807) is 7.05 Å². The summed E-state index contributed by atoms with van der Waals surface area (Å²) in [5.41, 5.74) is -0.113. The fraction of sp³-hybridized carbons (Fsp3) is 0.636. The van der Waals surface area contributed by atoms with Crippen LogP contribution in [0.2, 0.25) is 0 Å². The van der Waals surface area contributed by atoms with Gasteiger partial charge in [-0.2, -0.15) is 0 Å². The highest BCUT2D eigenvalue weighted by atomic mass is 16.6. The molecule has 1 heterocycles. The Hall–Kier alpha value is -1.96. The molecule has 0 amide bonds. The molecule has 1 aromatic rings. The minimum atomic E-state index is -0.478. The summed E-state index contributed by atoms with van der Waals surface area (Å²) in [4.78, 5) is 20.4. The van der Waals surface area contributed by atoms with Crippen molar-refractivity contribution in [3.8, 4) is 0 Å². The van der Waals surface area contributed by atoms with E-state index in [2.05, 4.69) is 25.5 Å². The van der Waals surface area contributed by atoms with Crippen LogP contribution in [-0.4, -0.2) is 54.0 Å². The van der Waals surface area contributed by atoms with Gasteiger partial charge in [-0.1, -0.05) is 0 Å². The Kier molecular flexibility index (Phi) is 5.94. The monoisotopic (exact) mass is 268 g/mol. The molecule has 106 valence electrons. The van der Waals surface area contributed by atoms with Crippen molar-refractivity contribution in [2.75, 3.05) is 44.9 Å². The van der Waals surface area contributed by atoms with Crippen molar-refractivity contribution < 1.29 is 4.92 Å². The number of nitrogens with one attached hydrogen (secondary N) is 2. The summed E-state index contributed by atoms with van der Waals surface area (Å²) in [6, 6.07) is 0. The lowest BCUT2D eigenvalue weighted by atomic mass is 10.3. The van der Waals surface area contributed by atoms with Crippen molar-refractivity contribution in [2.45, 2.75) is 12.8 Å². The zero-order chi connectivity index (χ0) is 14.3. The van der Waals surface area contributed by atoms with Gasteiger partial charge < -0.3 is 15.5 Å². The van der Waals surface area contributed by atoms with E-state index < -0.39 is 4.92 Å². The molecule has 0 radical (unpaired) electrons. The largest absolute Gasteiger partial charge is 0.367 e. The van der Waals surface area contributed by atoms with Crippen LogP contribution < -0.4 is 10.6 Å². The molecule has 0 atom stereocenters. The lowest BCUT2D eigenvalue weighted by Crippen LogP contribution is -2.15. The van der Waals surface area contributed by atoms with Crippen molar-refractivity contribution in [3.63, 3.8) is 0 Å². The molecule has 0 saturated carbocycles. The van der Waals surface area contributed by atoms with Crippen LogP contribution in [0.1, 0.15) is 12.8 Å². The molecule has 0 spiro atoms. The molecule has 0 aromatic carbocycles. The van der Waals surface area contributed by atoms with Gasteiger partial charge in [0.1, 0.15) is 6.33 Å². The van der Waals surface area contributed by atoms with Gasteiger partial charge in [0.05, 0.1) is 4.92 Å². The maximum absolute atomic E-state index is 11.0. The van der Waals surface area contributed by atoms with Gasteiger partial charge in [0.2, 0.25) is 11.6 Å². The Labute approximate surface area is 112 Å². The number of nitrogens with zero attached hydrogens (tertiary/aromatic N) is 4. The average Bonchev–Trinajstić information content (AvgIpc) is 2.37. The molecule has 0 fully saturated rings. The van der Waals surface area contributed by atoms with Crippen molar-refractivity contribution >= 4 is 17.3 Å². The third-order valence-electron chi connectivity index (χ3n) is 2.57. The number of anilines is 2. The highest BCUT2D eigenvalue weighted by Crippen LogP contribution is 2.28. The topological polar surface area (TPSA) is 96.2 Å². The number of hydrogen-bond acceptors (Lipinski definition) is 7. The molecule has 0 saturated heterocycles. The van der Waals surface area contributed by atoms with Crippen molar-refractivity contribution in [2.24, 2.45) is 0 Å². The number of unbranched alkanes of at least 4 members (excludes halogenated alkanes) is 1. The van der Waals surface area contributed by atoms with Gasteiger partial charge in [0, 0.05) is 13.6 Å². The summed E-state index contributed by atoms with van der Waals surface area (Å²) < 4.78 is 0. The van der Waals surface area contributed by atoms with E-state index in [-0.39, 0.29) is 17.3 Å². The van der Waals surface area contributed by atoms with Gasteiger partial charge in [-0.05, 0) is 33.5 Å². The molecule has 1 rings (SSSR count). The minimum Gasteiger partial charge on any atom is -0.367 e. The standard InChI is InChI=1S/C11H20N6O2/c1-12-10-9(17(18)19)11(15-8-14-10)13-6-4-5-7-16(2)3/h8H,4-7H2,1-3H3,(H2,12,13,14,15). The SMILES string of the molecule is CNc1ncnc(NCCCCN(C)C)c1[N+](=O)[O-]. The first kappa shape index (κ1) is 15.1. The van der Waals surface area contributed by atoms with Gasteiger partial charge in [-0.15, -0.1) is 0 Å². The minimum absolute atomic E-state index is 0.113. The molecule has 0 aliphatic carbocycles. The van der Waals surface area contributed by atoms with Crippen LogP contribution in [0.4, 0.5) is 17.3 Å². The molecule has 2 N–H and O–H groups in total. The van der Waals surface area contributed by atoms with E-state index in [1.165, 1.54) is 6.33 Å². The first-order valence-corrected chi connectivity index (χ1v) is 6.12. The van der Waals surface area contributed by atoms with Crippen LogP contribution >= 0.6 is 0 Å². The van der Waals surface area contributed by atoms with Crippen LogP contribution in [0.3, 0.4) is 0 Å². The van der Waals surface area contributed by atoms with Gasteiger partial charge >= 0.3 is 5.69 Å². The van der Waals surface area contributed by atoms with Gasteiger partial charge in [0.25, 0.3) is 0 Å². The summed E-state index contributed by atoms with van der Waals surface area (Å²) in [5, 5.41) is 16.7. The Morgan fingerprint density at radius 3 is 2.58 bits per heavy atom. The zero-order valence-corrected chi connectivity index (χ0v) is 11.5. The predicted octanol–water partition coefficient (Wildman–Crippen LogP) is 1.18. The first-order valence-electron chi connectivity index (χ1n) is 6.12. The molecule has 0 aliphatic rings. The Morgan fingerprint density at radius 2 is 2.00 bits per heavy atom. The second-order valence-corrected chi connectivity index (χ2v) is 4.36. The van der Waals surface area contributed by atoms with Crippen LogP contribution in [0.25, 0.3) is 0 Å². The van der Waals surface area contributed by atoms with Gasteiger partial charge in [-0.25, -0.2) is 9.97 Å². The Bertz CT molecular complexity index is 424. The van der Waals surface area contributed by atoms with Crippen molar-refractivity contribution in [1.82, 2.24) is 14.9 Å². The molecular weight excluding hydrogens is 248 g/mol. The highest BCUT2D eigenvalue weighted by Gasteiger charge is 2.21. The second kappa shape index (κ2) is 7.47. The lowest BCUT2D eigenvalue weighted by molar-refractivity contribution is -0.383. The third-order valence-corrected chi connectivity index (χ3v) is 2.57. The number of rotatable bonds is 8. The quantitative estimate of drug-likeness (QED) is 0.415. The summed E-state index contributed by atoms with van der Waals surface area (Å²) in [5.74, 6) is 0.477. The fourth-order valence-corrected chi connectivity index (χ4v) is 1.62. The van der Waals surface area contributed by atoms with Crippen molar-refractivity contribution in [3.05, 3.63) is 16.4 Å². The predicted molar refractivity (Wildman–Crippen MR) is 74.5 cm³/mol. The highest BCUT2D eigenvalue weighted by molar-refractivity contribution is 5.68. The molecule has 0 unspecified atom stereocenters. The van der Waals surface area contributed by atoms with Crippen LogP contribution in [0.15, 0.2) is 6.33 Å². The molecule has 8 nitrogen and oxygen atoms in total. The lowest BCUT2D eigenvalue weighted by Gasteiger charge is -2.10. The summed E-state index contributed by atoms with van der Waals surface area (Å²) in [6.45, 7) is 1.64. The maximum atomic E-state index is 11.0. The smallest absolute Gasteiger partial charge is 0.353 e. The van der Waals surface area contributed by atoms with E-state index in [1.807, 2.05) is 14.1 Å². The summed E-state index contributed by atoms with van der Waals surface area (Å²) in [6.07, 6.45) is 3.26. The van der Waals surface area contributed by atoms with E-state index in [0.717, 1.165) is 19.4 Å². The van der Waals surface area contributed by atoms with E-state index >= 15 is 0 Å². The molecular formula is C11H20N6O2. The van der Waals surface area contributed by atoms with Gasteiger partial charge in [0.15, 0.2) is 0 Å². The van der Waals surface area contributed by atoms with E-state index in [0.29, 0.717) is 6.54 Å². The molecule has 0 bridgehead atoms. The summed E-state index contributed by atoms with van der Waals surface area (Å²) in [7, 11) is 5.62. The Balaban J connectivity index is 2.60. The number of hydrogen-bond donors (Lipinski definition) is 2. The molecule has 8 heteroatoms. The average molecular weight is 268 g/mol. The molecule has 0 aliphatic heterocycles. The van der Waals surface area contributed by atoms with E-state index in [4.69, 9.17) is 0 Å². The van der Waals surface area contributed by atoms with E-state index in [9.17, 15) is 10.1 Å². The first-order chi connectivity index (χ1) is 9.06. The third kappa shape index (κ3) is 4.66. The second-order valence-electron chi connectivity index (χ2n) is 4.36. The Morgan fingerprint density at radius 1 is 1.32 bits per heavy atom. The molecule has 19 heavy (non-hydrogen) atoms. The zero-order valence-electron chi connectivity index (χ0n) is 11.5. The fourth-order valence-electron chi connectivity index (χ4n) is 1.62. The maximum Gasteiger partial charge on any atom is 0.353 e. The number of nitro groups is 1. The summed E-state index contributed by atoms with van der Waals surface area (Å²) >= 11 is 0. The molecule has 1 aromatic heterocycles. The van der Waals surface area contributed by atoms with Crippen LogP contribution in [0.5, 0.6) is 0 Å². The van der Waals surface area contributed by atoms with Gasteiger partial charge in [-0.3, -0.25) is 10.1 Å². The van der Waals surface area contributed by atoms with Crippen LogP contribution in [0, 0.1) is 10.1 Å².